The molecule has 0 aromatic heterocycles. The van der Waals surface area contributed by atoms with Crippen LogP contribution in [0.25, 0.3) is 0 Å². The summed E-state index contributed by atoms with van der Waals surface area (Å²) in [6.07, 6.45) is 0. The number of amides is 2. The van der Waals surface area contributed by atoms with Gasteiger partial charge in [0.15, 0.2) is 11.5 Å². The van der Waals surface area contributed by atoms with E-state index < -0.39 is 0 Å². The fourth-order valence-corrected chi connectivity index (χ4v) is 2.55. The molecule has 0 unspecified atom stereocenters. The highest BCUT2D eigenvalue weighted by Crippen LogP contribution is 2.38. The van der Waals surface area contributed by atoms with Crippen molar-refractivity contribution in [3.63, 3.8) is 0 Å². The van der Waals surface area contributed by atoms with Gasteiger partial charge in [-0.25, -0.2) is 0 Å². The SMILES string of the molecule is CCN(CC(=O)NC(C)C)C(=O)c1cc(Cl)c2c(c1)OCCO2. The number of likely N-dealkylation sites (N-methyl/N-ethyl adjacent to an activating group) is 1. The van der Waals surface area contributed by atoms with Crippen LogP contribution in [0.3, 0.4) is 0 Å². The van der Waals surface area contributed by atoms with Gasteiger partial charge in [-0.05, 0) is 32.9 Å². The minimum absolute atomic E-state index is 0.000422. The molecule has 126 valence electrons. The summed E-state index contributed by atoms with van der Waals surface area (Å²) in [5.74, 6) is 0.439. The van der Waals surface area contributed by atoms with E-state index in [1.54, 1.807) is 12.1 Å². The third-order valence-corrected chi connectivity index (χ3v) is 3.58. The lowest BCUT2D eigenvalue weighted by atomic mass is 10.1. The Kier molecular flexibility index (Phi) is 5.71. The molecule has 2 rings (SSSR count). The summed E-state index contributed by atoms with van der Waals surface area (Å²) in [6.45, 7) is 6.81. The Bertz CT molecular complexity index is 604. The summed E-state index contributed by atoms with van der Waals surface area (Å²) in [5.41, 5.74) is 0.374. The van der Waals surface area contributed by atoms with E-state index in [-0.39, 0.29) is 24.4 Å². The molecule has 0 saturated heterocycles. The Hall–Kier alpha value is -1.95. The smallest absolute Gasteiger partial charge is 0.254 e. The van der Waals surface area contributed by atoms with Crippen molar-refractivity contribution in [1.82, 2.24) is 10.2 Å². The molecular weight excluding hydrogens is 320 g/mol. The number of carbonyl (C=O) groups excluding carboxylic acids is 2. The summed E-state index contributed by atoms with van der Waals surface area (Å²) < 4.78 is 10.9. The second kappa shape index (κ2) is 7.55. The van der Waals surface area contributed by atoms with Gasteiger partial charge in [0.05, 0.1) is 11.6 Å². The topological polar surface area (TPSA) is 67.9 Å². The first-order chi connectivity index (χ1) is 10.9. The van der Waals surface area contributed by atoms with Crippen molar-refractivity contribution in [2.45, 2.75) is 26.8 Å². The monoisotopic (exact) mass is 340 g/mol. The number of hydrogen-bond donors (Lipinski definition) is 1. The quantitative estimate of drug-likeness (QED) is 0.891. The lowest BCUT2D eigenvalue weighted by Gasteiger charge is -2.23. The highest BCUT2D eigenvalue weighted by atomic mass is 35.5. The van der Waals surface area contributed by atoms with Gasteiger partial charge < -0.3 is 19.7 Å². The summed E-state index contributed by atoms with van der Waals surface area (Å²) >= 11 is 6.16. The highest BCUT2D eigenvalue weighted by molar-refractivity contribution is 6.32. The Morgan fingerprint density at radius 3 is 2.65 bits per heavy atom. The molecule has 1 aliphatic heterocycles. The van der Waals surface area contributed by atoms with Gasteiger partial charge in [0.2, 0.25) is 5.91 Å². The van der Waals surface area contributed by atoms with Gasteiger partial charge in [-0.15, -0.1) is 0 Å². The van der Waals surface area contributed by atoms with Gasteiger partial charge in [-0.3, -0.25) is 9.59 Å². The van der Waals surface area contributed by atoms with Gasteiger partial charge in [-0.1, -0.05) is 11.6 Å². The molecule has 1 heterocycles. The van der Waals surface area contributed by atoms with Crippen LogP contribution >= 0.6 is 11.6 Å². The predicted molar refractivity (Wildman–Crippen MR) is 87.3 cm³/mol. The third-order valence-electron chi connectivity index (χ3n) is 3.30. The molecule has 0 atom stereocenters. The second-order valence-corrected chi connectivity index (χ2v) is 5.93. The summed E-state index contributed by atoms with van der Waals surface area (Å²) in [5, 5.41) is 3.10. The van der Waals surface area contributed by atoms with Crippen molar-refractivity contribution in [3.8, 4) is 11.5 Å². The minimum atomic E-state index is -0.273. The molecule has 0 radical (unpaired) electrons. The molecule has 23 heavy (non-hydrogen) atoms. The van der Waals surface area contributed by atoms with Crippen LogP contribution in [0, 0.1) is 0 Å². The normalized spacial score (nSPS) is 12.9. The van der Waals surface area contributed by atoms with E-state index in [0.717, 1.165) is 0 Å². The number of nitrogens with one attached hydrogen (secondary N) is 1. The minimum Gasteiger partial charge on any atom is -0.486 e. The maximum Gasteiger partial charge on any atom is 0.254 e. The van der Waals surface area contributed by atoms with Crippen molar-refractivity contribution in [2.24, 2.45) is 0 Å². The van der Waals surface area contributed by atoms with E-state index in [2.05, 4.69) is 5.32 Å². The Labute approximate surface area is 140 Å². The summed E-state index contributed by atoms with van der Waals surface area (Å²) in [7, 11) is 0. The molecule has 6 nitrogen and oxygen atoms in total. The van der Waals surface area contributed by atoms with Gasteiger partial charge in [-0.2, -0.15) is 0 Å². The maximum absolute atomic E-state index is 12.6. The van der Waals surface area contributed by atoms with Gasteiger partial charge >= 0.3 is 0 Å². The number of nitrogens with zero attached hydrogens (tertiary/aromatic N) is 1. The van der Waals surface area contributed by atoms with E-state index in [1.165, 1.54) is 4.90 Å². The van der Waals surface area contributed by atoms with Crippen LogP contribution in [-0.2, 0) is 4.79 Å². The number of rotatable bonds is 5. The average Bonchev–Trinajstić information content (AvgIpc) is 2.51. The zero-order chi connectivity index (χ0) is 17.0. The molecule has 0 fully saturated rings. The van der Waals surface area contributed by atoms with Crippen molar-refractivity contribution in [1.29, 1.82) is 0 Å². The fraction of sp³-hybridized carbons (Fsp3) is 0.500. The Morgan fingerprint density at radius 1 is 1.30 bits per heavy atom. The largest absolute Gasteiger partial charge is 0.486 e. The molecule has 0 saturated carbocycles. The lowest BCUT2D eigenvalue weighted by molar-refractivity contribution is -0.122. The van der Waals surface area contributed by atoms with Crippen LogP contribution in [0.2, 0.25) is 5.02 Å². The van der Waals surface area contributed by atoms with E-state index in [1.807, 2.05) is 20.8 Å². The zero-order valence-corrected chi connectivity index (χ0v) is 14.3. The fourth-order valence-electron chi connectivity index (χ4n) is 2.29. The Morgan fingerprint density at radius 2 is 2.00 bits per heavy atom. The van der Waals surface area contributed by atoms with Crippen molar-refractivity contribution >= 4 is 23.4 Å². The van der Waals surface area contributed by atoms with Crippen molar-refractivity contribution < 1.29 is 19.1 Å². The molecule has 0 spiro atoms. The number of fused-ring (bicyclic) bond motifs is 1. The molecule has 1 aromatic rings. The van der Waals surface area contributed by atoms with Crippen LogP contribution in [-0.4, -0.2) is 49.1 Å². The first kappa shape index (κ1) is 17.4. The maximum atomic E-state index is 12.6. The molecule has 1 N–H and O–H groups in total. The van der Waals surface area contributed by atoms with Crippen LogP contribution in [0.1, 0.15) is 31.1 Å². The van der Waals surface area contributed by atoms with Gasteiger partial charge in [0.1, 0.15) is 13.2 Å². The molecule has 2 amide bonds. The van der Waals surface area contributed by atoms with Gasteiger partial charge in [0.25, 0.3) is 5.91 Å². The van der Waals surface area contributed by atoms with Crippen LogP contribution in [0.15, 0.2) is 12.1 Å². The molecular formula is C16H21ClN2O4. The first-order valence-corrected chi connectivity index (χ1v) is 7.98. The summed E-state index contributed by atoms with van der Waals surface area (Å²) in [6, 6.07) is 3.17. The third kappa shape index (κ3) is 4.28. The predicted octanol–water partition coefficient (Wildman–Crippen LogP) is 2.10. The second-order valence-electron chi connectivity index (χ2n) is 5.52. The number of benzene rings is 1. The number of ether oxygens (including phenoxy) is 2. The average molecular weight is 341 g/mol. The lowest BCUT2D eigenvalue weighted by Crippen LogP contribution is -2.42. The highest BCUT2D eigenvalue weighted by Gasteiger charge is 2.23. The van der Waals surface area contributed by atoms with E-state index in [0.29, 0.717) is 41.8 Å². The zero-order valence-electron chi connectivity index (χ0n) is 13.5. The van der Waals surface area contributed by atoms with Crippen LogP contribution in [0.4, 0.5) is 0 Å². The molecule has 7 heteroatoms. The van der Waals surface area contributed by atoms with Crippen molar-refractivity contribution in [3.05, 3.63) is 22.7 Å². The van der Waals surface area contributed by atoms with E-state index in [9.17, 15) is 9.59 Å². The summed E-state index contributed by atoms with van der Waals surface area (Å²) in [4.78, 5) is 26.0. The van der Waals surface area contributed by atoms with Gasteiger partial charge in [0, 0.05) is 18.2 Å². The van der Waals surface area contributed by atoms with E-state index in [4.69, 9.17) is 21.1 Å². The standard InChI is InChI=1S/C16H21ClN2O4/c1-4-19(9-14(20)18-10(2)3)16(21)11-7-12(17)15-13(8-11)22-5-6-23-15/h7-8,10H,4-6,9H2,1-3H3,(H,18,20). The molecule has 0 bridgehead atoms. The first-order valence-electron chi connectivity index (χ1n) is 7.60. The van der Waals surface area contributed by atoms with E-state index >= 15 is 0 Å². The van der Waals surface area contributed by atoms with Crippen LogP contribution < -0.4 is 14.8 Å². The number of halogens is 1. The van der Waals surface area contributed by atoms with Crippen molar-refractivity contribution in [2.75, 3.05) is 26.3 Å². The molecule has 1 aliphatic rings. The number of hydrogen-bond acceptors (Lipinski definition) is 4. The molecule has 1 aromatic carbocycles. The molecule has 0 aliphatic carbocycles. The van der Waals surface area contributed by atoms with Crippen LogP contribution in [0.5, 0.6) is 11.5 Å². The Balaban J connectivity index is 2.17. The number of carbonyl (C=O) groups is 2.